The average Bonchev–Trinajstić information content (AvgIpc) is 3.20. The summed E-state index contributed by atoms with van der Waals surface area (Å²) in [6, 6.07) is 25.8. The Bertz CT molecular complexity index is 1250. The number of nitrogens with zero attached hydrogens (tertiary/aromatic N) is 3. The topological polar surface area (TPSA) is 38.1 Å². The summed E-state index contributed by atoms with van der Waals surface area (Å²) in [5, 5.41) is 5.29. The van der Waals surface area contributed by atoms with E-state index in [9.17, 15) is 4.79 Å². The van der Waals surface area contributed by atoms with Crippen molar-refractivity contribution in [3.8, 4) is 5.69 Å². The molecular weight excluding hydrogens is 490 g/mol. The number of rotatable bonds is 8. The van der Waals surface area contributed by atoms with Gasteiger partial charge in [-0.1, -0.05) is 101 Å². The smallest absolute Gasteiger partial charge is 0.233 e. The van der Waals surface area contributed by atoms with Gasteiger partial charge in [0.2, 0.25) is 5.91 Å². The molecule has 3 aromatic carbocycles. The number of carbonyl (C=O) groups is 1. The predicted octanol–water partition coefficient (Wildman–Crippen LogP) is 6.95. The summed E-state index contributed by atoms with van der Waals surface area (Å²) in [6.07, 6.45) is 0. The zero-order valence-corrected chi connectivity index (χ0v) is 21.2. The van der Waals surface area contributed by atoms with E-state index in [2.05, 4.69) is 5.10 Å². The summed E-state index contributed by atoms with van der Waals surface area (Å²) in [6.45, 7) is 3.07. The molecule has 1 heterocycles. The quantitative estimate of drug-likeness (QED) is 0.189. The van der Waals surface area contributed by atoms with Gasteiger partial charge in [0.1, 0.15) is 0 Å². The molecule has 4 nitrogen and oxygen atoms in total. The number of benzene rings is 3. The molecule has 0 radical (unpaired) electrons. The highest BCUT2D eigenvalue weighted by Gasteiger charge is 2.17. The second kappa shape index (κ2) is 11.1. The molecule has 4 aromatic rings. The van der Waals surface area contributed by atoms with E-state index in [0.717, 1.165) is 26.7 Å². The lowest BCUT2D eigenvalue weighted by Crippen LogP contribution is -2.31. The fraction of sp³-hybridized carbons (Fsp3) is 0.160. The summed E-state index contributed by atoms with van der Waals surface area (Å²) in [4.78, 5) is 15.1. The first-order chi connectivity index (χ1) is 16.0. The molecular formula is C25H22ClN3OS3. The Morgan fingerprint density at radius 1 is 1.03 bits per heavy atom. The fourth-order valence-electron chi connectivity index (χ4n) is 3.25. The van der Waals surface area contributed by atoms with Crippen LogP contribution in [-0.2, 0) is 17.9 Å². The Hall–Kier alpha value is -2.45. The van der Waals surface area contributed by atoms with Crippen LogP contribution in [0.25, 0.3) is 5.69 Å². The van der Waals surface area contributed by atoms with E-state index >= 15 is 0 Å². The van der Waals surface area contributed by atoms with E-state index < -0.39 is 0 Å². The Morgan fingerprint density at radius 2 is 1.64 bits per heavy atom. The van der Waals surface area contributed by atoms with Crippen molar-refractivity contribution in [1.29, 1.82) is 0 Å². The molecule has 0 N–H and O–H groups in total. The number of carbonyl (C=O) groups excluding carboxylic acids is 1. The van der Waals surface area contributed by atoms with Gasteiger partial charge in [0.05, 0.1) is 11.4 Å². The van der Waals surface area contributed by atoms with Gasteiger partial charge >= 0.3 is 0 Å². The maximum Gasteiger partial charge on any atom is 0.233 e. The van der Waals surface area contributed by atoms with Gasteiger partial charge in [-0.15, -0.1) is 5.10 Å². The van der Waals surface area contributed by atoms with Gasteiger partial charge in [0, 0.05) is 18.1 Å². The zero-order chi connectivity index (χ0) is 23.2. The molecule has 4 rings (SSSR count). The first kappa shape index (κ1) is 23.7. The molecule has 33 heavy (non-hydrogen) atoms. The van der Waals surface area contributed by atoms with Gasteiger partial charge in [-0.3, -0.25) is 4.79 Å². The van der Waals surface area contributed by atoms with Gasteiger partial charge < -0.3 is 4.90 Å². The highest BCUT2D eigenvalue weighted by Crippen LogP contribution is 2.26. The molecule has 0 spiro atoms. The van der Waals surface area contributed by atoms with E-state index in [1.807, 2.05) is 90.7 Å². The molecule has 0 aliphatic rings. The van der Waals surface area contributed by atoms with Crippen LogP contribution in [0.15, 0.2) is 83.2 Å². The number of hydrogen-bond acceptors (Lipinski definition) is 5. The van der Waals surface area contributed by atoms with Crippen molar-refractivity contribution in [2.24, 2.45) is 0 Å². The highest BCUT2D eigenvalue weighted by atomic mass is 35.5. The molecule has 0 saturated heterocycles. The van der Waals surface area contributed by atoms with Crippen molar-refractivity contribution < 1.29 is 4.79 Å². The van der Waals surface area contributed by atoms with Crippen LogP contribution in [-0.4, -0.2) is 26.3 Å². The summed E-state index contributed by atoms with van der Waals surface area (Å²) in [5.41, 5.74) is 4.02. The molecule has 0 unspecified atom stereocenters. The average molecular weight is 512 g/mol. The van der Waals surface area contributed by atoms with Crippen LogP contribution in [0, 0.1) is 10.9 Å². The van der Waals surface area contributed by atoms with Crippen LogP contribution in [0.4, 0.5) is 0 Å². The first-order valence-electron chi connectivity index (χ1n) is 10.3. The minimum atomic E-state index is 0.0544. The third kappa shape index (κ3) is 6.32. The van der Waals surface area contributed by atoms with Crippen molar-refractivity contribution in [1.82, 2.24) is 14.7 Å². The van der Waals surface area contributed by atoms with E-state index in [0.29, 0.717) is 22.1 Å². The van der Waals surface area contributed by atoms with E-state index in [-0.39, 0.29) is 11.7 Å². The number of aryl methyl sites for hydroxylation is 1. The lowest BCUT2D eigenvalue weighted by molar-refractivity contribution is -0.129. The normalized spacial score (nSPS) is 10.8. The molecule has 0 bridgehead atoms. The molecule has 0 atom stereocenters. The second-order valence-corrected chi connectivity index (χ2v) is 10.7. The third-order valence-electron chi connectivity index (χ3n) is 5.03. The van der Waals surface area contributed by atoms with Gasteiger partial charge in [-0.2, -0.15) is 0 Å². The number of halogens is 1. The molecule has 0 fully saturated rings. The van der Waals surface area contributed by atoms with E-state index in [1.54, 1.807) is 4.68 Å². The predicted molar refractivity (Wildman–Crippen MR) is 140 cm³/mol. The van der Waals surface area contributed by atoms with Gasteiger partial charge in [-0.05, 0) is 48.0 Å². The minimum absolute atomic E-state index is 0.0544. The zero-order valence-electron chi connectivity index (χ0n) is 18.0. The van der Waals surface area contributed by atoms with Crippen molar-refractivity contribution in [2.45, 2.75) is 24.4 Å². The number of hydrogen-bond donors (Lipinski definition) is 0. The summed E-state index contributed by atoms with van der Waals surface area (Å²) in [5.74, 6) is 0.343. The Kier molecular flexibility index (Phi) is 7.98. The molecule has 0 saturated carbocycles. The minimum Gasteiger partial charge on any atom is -0.333 e. The van der Waals surface area contributed by atoms with Gasteiger partial charge in [0.15, 0.2) is 8.29 Å². The van der Waals surface area contributed by atoms with Crippen molar-refractivity contribution in [3.05, 3.63) is 105 Å². The summed E-state index contributed by atoms with van der Waals surface area (Å²) >= 11 is 14.6. The lowest BCUT2D eigenvalue weighted by Gasteiger charge is -2.23. The van der Waals surface area contributed by atoms with Crippen LogP contribution in [0.2, 0.25) is 5.02 Å². The monoisotopic (exact) mass is 511 g/mol. The second-order valence-electron chi connectivity index (χ2n) is 7.49. The number of amides is 1. The SMILES string of the molecule is Cc1ccc(-n2nc(SCC(=O)N(Cc3ccccc3)Cc3ccccc3)sc2=S)cc1Cl. The molecule has 1 aromatic heterocycles. The highest BCUT2D eigenvalue weighted by molar-refractivity contribution is 8.01. The van der Waals surface area contributed by atoms with Crippen molar-refractivity contribution in [3.63, 3.8) is 0 Å². The molecule has 0 aliphatic heterocycles. The number of aromatic nitrogens is 2. The fourth-order valence-corrected chi connectivity index (χ4v) is 5.69. The Balaban J connectivity index is 1.47. The van der Waals surface area contributed by atoms with Crippen LogP contribution in [0.1, 0.15) is 16.7 Å². The van der Waals surface area contributed by atoms with Gasteiger partial charge in [-0.25, -0.2) is 4.68 Å². The maximum atomic E-state index is 13.2. The van der Waals surface area contributed by atoms with Crippen molar-refractivity contribution in [2.75, 3.05) is 5.75 Å². The van der Waals surface area contributed by atoms with E-state index in [4.69, 9.17) is 23.8 Å². The summed E-state index contributed by atoms with van der Waals surface area (Å²) < 4.78 is 3.07. The third-order valence-corrected chi connectivity index (χ3v) is 7.79. The molecule has 8 heteroatoms. The Morgan fingerprint density at radius 3 is 2.21 bits per heavy atom. The van der Waals surface area contributed by atoms with E-state index in [1.165, 1.54) is 23.1 Å². The first-order valence-corrected chi connectivity index (χ1v) is 12.9. The largest absolute Gasteiger partial charge is 0.333 e. The summed E-state index contributed by atoms with van der Waals surface area (Å²) in [7, 11) is 0. The van der Waals surface area contributed by atoms with Gasteiger partial charge in [0.25, 0.3) is 0 Å². The van der Waals surface area contributed by atoms with Crippen molar-refractivity contribution >= 4 is 52.8 Å². The van der Waals surface area contributed by atoms with Crippen LogP contribution in [0.5, 0.6) is 0 Å². The number of thioether (sulfide) groups is 1. The van der Waals surface area contributed by atoms with Crippen LogP contribution >= 0.6 is 46.9 Å². The Labute approximate surface area is 211 Å². The molecule has 1 amide bonds. The maximum absolute atomic E-state index is 13.2. The molecule has 0 aliphatic carbocycles. The standard InChI is InChI=1S/C25H22ClN3OS3/c1-18-12-13-21(14-22(18)26)29-25(31)33-24(27-29)32-17-23(30)28(15-19-8-4-2-5-9-19)16-20-10-6-3-7-11-20/h2-14H,15-17H2,1H3. The van der Waals surface area contributed by atoms with Crippen LogP contribution < -0.4 is 0 Å². The lowest BCUT2D eigenvalue weighted by atomic mass is 10.1. The molecule has 168 valence electrons. The van der Waals surface area contributed by atoms with Crippen LogP contribution in [0.3, 0.4) is 0 Å².